The molecule has 0 aromatic carbocycles. The monoisotopic (exact) mass is 297 g/mol. The number of hydrogen-bond acceptors (Lipinski definition) is 4. The number of aliphatic hydroxyl groups is 1. The third kappa shape index (κ3) is 2.32. The van der Waals surface area contributed by atoms with Crippen LogP contribution >= 0.6 is 15.9 Å². The molecule has 1 unspecified atom stereocenters. The van der Waals surface area contributed by atoms with Gasteiger partial charge in [-0.05, 0) is 28.1 Å². The Hall–Kier alpha value is -1.40. The summed E-state index contributed by atoms with van der Waals surface area (Å²) in [5.74, 6) is 0.546. The normalized spacial score (nSPS) is 12.5. The van der Waals surface area contributed by atoms with E-state index in [1.807, 2.05) is 6.07 Å². The number of rotatable bonds is 3. The van der Waals surface area contributed by atoms with E-state index in [0.29, 0.717) is 17.1 Å². The molecular weight excluding hydrogens is 286 g/mol. The van der Waals surface area contributed by atoms with Crippen LogP contribution in [-0.4, -0.2) is 27.0 Å². The molecule has 6 heteroatoms. The minimum atomic E-state index is -0.856. The molecule has 0 saturated heterocycles. The Kier molecular flexibility index (Phi) is 3.44. The summed E-state index contributed by atoms with van der Waals surface area (Å²) in [7, 11) is 3.29. The van der Waals surface area contributed by atoms with Crippen LogP contribution in [0.4, 0.5) is 0 Å². The quantitative estimate of drug-likeness (QED) is 0.936. The van der Waals surface area contributed by atoms with Crippen molar-refractivity contribution >= 4 is 15.9 Å². The van der Waals surface area contributed by atoms with Crippen molar-refractivity contribution in [1.29, 1.82) is 0 Å². The number of methoxy groups -OCH3 is 1. The largest absolute Gasteiger partial charge is 0.493 e. The summed E-state index contributed by atoms with van der Waals surface area (Å²) >= 11 is 3.30. The van der Waals surface area contributed by atoms with Crippen molar-refractivity contribution in [2.75, 3.05) is 7.11 Å². The highest BCUT2D eigenvalue weighted by molar-refractivity contribution is 9.10. The van der Waals surface area contributed by atoms with Crippen molar-refractivity contribution in [2.45, 2.75) is 6.10 Å². The van der Waals surface area contributed by atoms with E-state index in [4.69, 9.17) is 4.74 Å². The lowest BCUT2D eigenvalue weighted by Crippen LogP contribution is -2.09. The molecule has 17 heavy (non-hydrogen) atoms. The standard InChI is InChI=1S/C11H12BrN3O2/c1-15-10(9(17-2)6-14-15)11(16)8-4-3-7(12)5-13-8/h3-6,11,16H,1-2H3. The Balaban J connectivity index is 2.39. The van der Waals surface area contributed by atoms with Gasteiger partial charge in [0.2, 0.25) is 0 Å². The van der Waals surface area contributed by atoms with Crippen molar-refractivity contribution in [3.8, 4) is 5.75 Å². The maximum atomic E-state index is 10.2. The average Bonchev–Trinajstić information content (AvgIpc) is 2.70. The number of nitrogens with zero attached hydrogens (tertiary/aromatic N) is 3. The molecule has 1 N–H and O–H groups in total. The van der Waals surface area contributed by atoms with Crippen molar-refractivity contribution in [2.24, 2.45) is 7.05 Å². The van der Waals surface area contributed by atoms with Gasteiger partial charge in [0.05, 0.1) is 19.0 Å². The SMILES string of the molecule is COc1cnn(C)c1C(O)c1ccc(Br)cn1. The molecule has 5 nitrogen and oxygen atoms in total. The maximum absolute atomic E-state index is 10.2. The fourth-order valence-corrected chi connectivity index (χ4v) is 1.82. The fraction of sp³-hybridized carbons (Fsp3) is 0.273. The molecule has 2 rings (SSSR count). The zero-order valence-electron chi connectivity index (χ0n) is 9.46. The van der Waals surface area contributed by atoms with Crippen molar-refractivity contribution in [3.05, 3.63) is 40.4 Å². The van der Waals surface area contributed by atoms with E-state index >= 15 is 0 Å². The summed E-state index contributed by atoms with van der Waals surface area (Å²) in [6.45, 7) is 0. The van der Waals surface area contributed by atoms with Crippen LogP contribution in [0, 0.1) is 0 Å². The van der Waals surface area contributed by atoms with Crippen LogP contribution in [-0.2, 0) is 7.05 Å². The molecule has 2 aromatic rings. The topological polar surface area (TPSA) is 60.2 Å². The lowest BCUT2D eigenvalue weighted by Gasteiger charge is -2.12. The maximum Gasteiger partial charge on any atom is 0.163 e. The molecule has 0 amide bonds. The average molecular weight is 298 g/mol. The van der Waals surface area contributed by atoms with Crippen LogP contribution in [0.3, 0.4) is 0 Å². The Labute approximate surface area is 107 Å². The molecule has 0 saturated carbocycles. The summed E-state index contributed by atoms with van der Waals surface area (Å²) in [6, 6.07) is 3.58. The van der Waals surface area contributed by atoms with Gasteiger partial charge in [-0.15, -0.1) is 0 Å². The van der Waals surface area contributed by atoms with Gasteiger partial charge in [0, 0.05) is 17.7 Å². The molecule has 0 spiro atoms. The van der Waals surface area contributed by atoms with Crippen molar-refractivity contribution < 1.29 is 9.84 Å². The summed E-state index contributed by atoms with van der Waals surface area (Å²) < 4.78 is 7.59. The summed E-state index contributed by atoms with van der Waals surface area (Å²) in [6.07, 6.45) is 2.35. The van der Waals surface area contributed by atoms with Gasteiger partial charge in [0.1, 0.15) is 11.8 Å². The molecule has 0 aliphatic carbocycles. The number of aromatic nitrogens is 3. The van der Waals surface area contributed by atoms with Gasteiger partial charge >= 0.3 is 0 Å². The molecule has 2 heterocycles. The predicted molar refractivity (Wildman–Crippen MR) is 65.8 cm³/mol. The van der Waals surface area contributed by atoms with Gasteiger partial charge in [0.15, 0.2) is 5.75 Å². The Morgan fingerprint density at radius 3 is 2.76 bits per heavy atom. The van der Waals surface area contributed by atoms with Gasteiger partial charge in [0.25, 0.3) is 0 Å². The molecule has 0 bridgehead atoms. The zero-order valence-corrected chi connectivity index (χ0v) is 11.0. The first kappa shape index (κ1) is 12.1. The summed E-state index contributed by atoms with van der Waals surface area (Å²) in [5.41, 5.74) is 1.14. The minimum Gasteiger partial charge on any atom is -0.493 e. The van der Waals surface area contributed by atoms with E-state index < -0.39 is 6.10 Å². The van der Waals surface area contributed by atoms with Crippen molar-refractivity contribution in [1.82, 2.24) is 14.8 Å². The highest BCUT2D eigenvalue weighted by Crippen LogP contribution is 2.28. The zero-order chi connectivity index (χ0) is 12.4. The van der Waals surface area contributed by atoms with Gasteiger partial charge in [-0.2, -0.15) is 5.10 Å². The second-order valence-corrected chi connectivity index (χ2v) is 4.44. The van der Waals surface area contributed by atoms with Crippen LogP contribution in [0.25, 0.3) is 0 Å². The van der Waals surface area contributed by atoms with E-state index in [2.05, 4.69) is 26.0 Å². The van der Waals surface area contributed by atoms with E-state index in [9.17, 15) is 5.11 Å². The van der Waals surface area contributed by atoms with Gasteiger partial charge in [-0.25, -0.2) is 0 Å². The van der Waals surface area contributed by atoms with Crippen LogP contribution < -0.4 is 4.74 Å². The molecule has 0 aliphatic heterocycles. The number of ether oxygens (including phenoxy) is 1. The first-order valence-corrected chi connectivity index (χ1v) is 5.78. The van der Waals surface area contributed by atoms with E-state index in [-0.39, 0.29) is 0 Å². The molecule has 1 atom stereocenters. The Morgan fingerprint density at radius 2 is 2.18 bits per heavy atom. The fourth-order valence-electron chi connectivity index (χ4n) is 1.58. The second-order valence-electron chi connectivity index (χ2n) is 3.53. The smallest absolute Gasteiger partial charge is 0.163 e. The number of aryl methyl sites for hydroxylation is 1. The van der Waals surface area contributed by atoms with E-state index in [1.54, 1.807) is 37.3 Å². The van der Waals surface area contributed by atoms with E-state index in [1.165, 1.54) is 0 Å². The number of hydrogen-bond donors (Lipinski definition) is 1. The summed E-state index contributed by atoms with van der Waals surface area (Å²) in [4.78, 5) is 4.16. The minimum absolute atomic E-state index is 0.546. The van der Waals surface area contributed by atoms with Crippen LogP contribution in [0.5, 0.6) is 5.75 Å². The van der Waals surface area contributed by atoms with Crippen molar-refractivity contribution in [3.63, 3.8) is 0 Å². The highest BCUT2D eigenvalue weighted by atomic mass is 79.9. The van der Waals surface area contributed by atoms with Crippen LogP contribution in [0.15, 0.2) is 29.0 Å². The Morgan fingerprint density at radius 1 is 1.41 bits per heavy atom. The van der Waals surface area contributed by atoms with Crippen LogP contribution in [0.2, 0.25) is 0 Å². The first-order chi connectivity index (χ1) is 8.13. The Bertz CT molecular complexity index is 510. The number of aliphatic hydroxyl groups excluding tert-OH is 1. The second kappa shape index (κ2) is 4.85. The number of pyridine rings is 1. The predicted octanol–water partition coefficient (Wildman–Crippen LogP) is 1.67. The highest BCUT2D eigenvalue weighted by Gasteiger charge is 2.20. The lowest BCUT2D eigenvalue weighted by molar-refractivity contribution is 0.199. The molecule has 0 radical (unpaired) electrons. The molecule has 0 fully saturated rings. The van der Waals surface area contributed by atoms with Crippen LogP contribution in [0.1, 0.15) is 17.5 Å². The third-order valence-electron chi connectivity index (χ3n) is 2.46. The van der Waals surface area contributed by atoms with Gasteiger partial charge < -0.3 is 9.84 Å². The van der Waals surface area contributed by atoms with Gasteiger partial charge in [-0.1, -0.05) is 0 Å². The number of halogens is 1. The molecule has 0 aliphatic rings. The lowest BCUT2D eigenvalue weighted by atomic mass is 10.1. The molecule has 90 valence electrons. The molecule has 2 aromatic heterocycles. The summed E-state index contributed by atoms with van der Waals surface area (Å²) in [5, 5.41) is 14.3. The first-order valence-electron chi connectivity index (χ1n) is 4.99. The molecular formula is C11H12BrN3O2. The van der Waals surface area contributed by atoms with E-state index in [0.717, 1.165) is 4.47 Å². The third-order valence-corrected chi connectivity index (χ3v) is 2.93. The van der Waals surface area contributed by atoms with Gasteiger partial charge in [-0.3, -0.25) is 9.67 Å².